The van der Waals surface area contributed by atoms with Gasteiger partial charge in [-0.3, -0.25) is 14.4 Å². The smallest absolute Gasteiger partial charge is 0.238 e. The van der Waals surface area contributed by atoms with Gasteiger partial charge in [-0.2, -0.15) is 0 Å². The standard InChI is InChI=1S/C35H36N2O3/c1-21(2)20-22-14-16-24(17-15-22)30(38)28-29(32(39)34(3,4)5)37-19-18-23-10-6-7-11-25(23)31(37)35(28)26-12-8-9-13-27(26)36-33(35)40/h6-19,21,28-29,31H,20H2,1-5H3,(H,36,40)/t28-,29+,31-,35-/m0/s1. The van der Waals surface area contributed by atoms with Crippen LogP contribution in [0.3, 0.4) is 0 Å². The van der Waals surface area contributed by atoms with Crippen LogP contribution in [-0.2, 0) is 21.4 Å². The molecule has 3 heterocycles. The number of amides is 1. The monoisotopic (exact) mass is 532 g/mol. The van der Waals surface area contributed by atoms with Crippen LogP contribution in [0.2, 0.25) is 0 Å². The van der Waals surface area contributed by atoms with Crippen molar-refractivity contribution in [2.45, 2.75) is 58.5 Å². The van der Waals surface area contributed by atoms with Gasteiger partial charge in [0, 0.05) is 22.9 Å². The summed E-state index contributed by atoms with van der Waals surface area (Å²) in [6.45, 7) is 10.0. The number of carbonyl (C=O) groups is 3. The number of hydrogen-bond donors (Lipinski definition) is 1. The van der Waals surface area contributed by atoms with Crippen molar-refractivity contribution in [3.8, 4) is 0 Å². The average Bonchev–Trinajstić information content (AvgIpc) is 3.40. The SMILES string of the molecule is CC(C)Cc1ccc(C(=O)[C@@H]2[C@H](C(=O)C(C)(C)C)N3C=Cc4ccccc4[C@H]3[C@@]23C(=O)Nc2ccccc23)cc1. The fourth-order valence-corrected chi connectivity index (χ4v) is 7.07. The highest BCUT2D eigenvalue weighted by molar-refractivity contribution is 6.15. The van der Waals surface area contributed by atoms with Crippen LogP contribution in [0.1, 0.15) is 73.3 Å². The van der Waals surface area contributed by atoms with Crippen molar-refractivity contribution >= 4 is 29.2 Å². The lowest BCUT2D eigenvalue weighted by molar-refractivity contribution is -0.131. The van der Waals surface area contributed by atoms with E-state index in [4.69, 9.17) is 0 Å². The second-order valence-electron chi connectivity index (χ2n) is 12.9. The number of rotatable bonds is 5. The summed E-state index contributed by atoms with van der Waals surface area (Å²) in [5.74, 6) is -0.876. The fraction of sp³-hybridized carbons (Fsp3) is 0.343. The van der Waals surface area contributed by atoms with Crippen molar-refractivity contribution in [2.24, 2.45) is 17.3 Å². The maximum atomic E-state index is 14.8. The molecule has 1 spiro atoms. The van der Waals surface area contributed by atoms with Crippen LogP contribution in [0.4, 0.5) is 5.69 Å². The molecule has 3 aliphatic rings. The molecule has 204 valence electrons. The van der Waals surface area contributed by atoms with Gasteiger partial charge in [-0.05, 0) is 46.7 Å². The van der Waals surface area contributed by atoms with Gasteiger partial charge in [-0.1, -0.05) is 101 Å². The van der Waals surface area contributed by atoms with Crippen LogP contribution in [0, 0.1) is 17.3 Å². The summed E-state index contributed by atoms with van der Waals surface area (Å²) in [5.41, 5.74) is 3.11. The Morgan fingerprint density at radius 3 is 2.33 bits per heavy atom. The quantitative estimate of drug-likeness (QED) is 0.376. The lowest BCUT2D eigenvalue weighted by atomic mass is 9.62. The number of anilines is 1. The maximum Gasteiger partial charge on any atom is 0.238 e. The molecule has 3 aliphatic heterocycles. The zero-order chi connectivity index (χ0) is 28.4. The topological polar surface area (TPSA) is 66.5 Å². The van der Waals surface area contributed by atoms with E-state index in [1.54, 1.807) is 0 Å². The minimum absolute atomic E-state index is 0.0506. The molecule has 0 bridgehead atoms. The van der Waals surface area contributed by atoms with E-state index in [0.29, 0.717) is 17.2 Å². The molecular formula is C35H36N2O3. The van der Waals surface area contributed by atoms with Gasteiger partial charge in [-0.15, -0.1) is 0 Å². The van der Waals surface area contributed by atoms with Crippen molar-refractivity contribution in [3.63, 3.8) is 0 Å². The second-order valence-corrected chi connectivity index (χ2v) is 12.9. The second kappa shape index (κ2) is 9.29. The number of hydrogen-bond acceptors (Lipinski definition) is 4. The highest BCUT2D eigenvalue weighted by atomic mass is 16.2. The van der Waals surface area contributed by atoms with Crippen molar-refractivity contribution in [1.29, 1.82) is 0 Å². The first-order chi connectivity index (χ1) is 19.0. The molecule has 4 atom stereocenters. The first-order valence-electron chi connectivity index (χ1n) is 14.2. The van der Waals surface area contributed by atoms with Gasteiger partial charge in [0.2, 0.25) is 5.91 Å². The Bertz CT molecular complexity index is 1550. The number of Topliss-reactive ketones (excluding diaryl/α,β-unsaturated/α-hetero) is 2. The molecule has 0 aliphatic carbocycles. The third kappa shape index (κ3) is 3.78. The van der Waals surface area contributed by atoms with Crippen molar-refractivity contribution < 1.29 is 14.4 Å². The number of benzene rings is 3. The minimum atomic E-state index is -1.28. The molecule has 0 radical (unpaired) electrons. The van der Waals surface area contributed by atoms with E-state index in [-0.39, 0.29) is 17.5 Å². The molecule has 3 aromatic rings. The number of nitrogens with zero attached hydrogens (tertiary/aromatic N) is 1. The Labute approximate surface area is 236 Å². The van der Waals surface area contributed by atoms with Crippen molar-refractivity contribution in [2.75, 3.05) is 5.32 Å². The van der Waals surface area contributed by atoms with Gasteiger partial charge >= 0.3 is 0 Å². The number of para-hydroxylation sites is 1. The number of carbonyl (C=O) groups excluding carboxylic acids is 3. The summed E-state index contributed by atoms with van der Waals surface area (Å²) in [5, 5.41) is 3.11. The fourth-order valence-electron chi connectivity index (χ4n) is 7.07. The van der Waals surface area contributed by atoms with Crippen molar-refractivity contribution in [3.05, 3.63) is 107 Å². The molecule has 1 fully saturated rings. The molecule has 40 heavy (non-hydrogen) atoms. The number of ketones is 2. The summed E-state index contributed by atoms with van der Waals surface area (Å²) >= 11 is 0. The Morgan fingerprint density at radius 2 is 1.62 bits per heavy atom. The summed E-state index contributed by atoms with van der Waals surface area (Å²) in [6, 6.07) is 22.0. The summed E-state index contributed by atoms with van der Waals surface area (Å²) < 4.78 is 0. The molecular weight excluding hydrogens is 496 g/mol. The highest BCUT2D eigenvalue weighted by Crippen LogP contribution is 2.62. The van der Waals surface area contributed by atoms with E-state index in [2.05, 4.69) is 19.2 Å². The Morgan fingerprint density at radius 1 is 0.950 bits per heavy atom. The molecule has 0 aromatic heterocycles. The van der Waals surface area contributed by atoms with Gasteiger partial charge in [0.1, 0.15) is 5.41 Å². The van der Waals surface area contributed by atoms with E-state index in [1.807, 2.05) is 111 Å². The third-order valence-corrected chi connectivity index (χ3v) is 8.74. The first-order valence-corrected chi connectivity index (χ1v) is 14.2. The molecule has 0 saturated carbocycles. The van der Waals surface area contributed by atoms with Crippen LogP contribution in [-0.4, -0.2) is 28.4 Å². The summed E-state index contributed by atoms with van der Waals surface area (Å²) in [4.78, 5) is 45.6. The zero-order valence-corrected chi connectivity index (χ0v) is 23.8. The third-order valence-electron chi connectivity index (χ3n) is 8.74. The number of nitrogens with one attached hydrogen (secondary N) is 1. The van der Waals surface area contributed by atoms with Crippen LogP contribution < -0.4 is 5.32 Å². The van der Waals surface area contributed by atoms with E-state index in [0.717, 1.165) is 28.7 Å². The molecule has 3 aromatic carbocycles. The summed E-state index contributed by atoms with van der Waals surface area (Å²) in [7, 11) is 0. The molecule has 1 N–H and O–H groups in total. The van der Waals surface area contributed by atoms with E-state index in [1.165, 1.54) is 0 Å². The van der Waals surface area contributed by atoms with Crippen LogP contribution in [0.25, 0.3) is 6.08 Å². The van der Waals surface area contributed by atoms with Gasteiger partial charge in [0.25, 0.3) is 0 Å². The molecule has 1 saturated heterocycles. The van der Waals surface area contributed by atoms with Crippen LogP contribution in [0.5, 0.6) is 0 Å². The molecule has 5 heteroatoms. The highest BCUT2D eigenvalue weighted by Gasteiger charge is 2.71. The molecule has 5 nitrogen and oxygen atoms in total. The Hall–Kier alpha value is -3.99. The number of fused-ring (bicyclic) bond motifs is 6. The normalized spacial score (nSPS) is 24.6. The largest absolute Gasteiger partial charge is 0.358 e. The minimum Gasteiger partial charge on any atom is -0.358 e. The van der Waals surface area contributed by atoms with Gasteiger partial charge in [-0.25, -0.2) is 0 Å². The van der Waals surface area contributed by atoms with E-state index >= 15 is 0 Å². The van der Waals surface area contributed by atoms with Crippen LogP contribution in [0.15, 0.2) is 79.0 Å². The predicted octanol–water partition coefficient (Wildman–Crippen LogP) is 6.60. The summed E-state index contributed by atoms with van der Waals surface area (Å²) in [6.07, 6.45) is 4.84. The average molecular weight is 533 g/mol. The first kappa shape index (κ1) is 26.2. The van der Waals surface area contributed by atoms with Gasteiger partial charge < -0.3 is 10.2 Å². The molecule has 6 rings (SSSR count). The lowest BCUT2D eigenvalue weighted by Crippen LogP contribution is -2.50. The van der Waals surface area contributed by atoms with Gasteiger partial charge in [0.15, 0.2) is 11.6 Å². The lowest BCUT2D eigenvalue weighted by Gasteiger charge is -2.38. The van der Waals surface area contributed by atoms with Gasteiger partial charge in [0.05, 0.1) is 18.0 Å². The van der Waals surface area contributed by atoms with Crippen molar-refractivity contribution in [1.82, 2.24) is 4.90 Å². The Balaban J connectivity index is 1.62. The molecule has 0 unspecified atom stereocenters. The van der Waals surface area contributed by atoms with E-state index in [9.17, 15) is 14.4 Å². The molecule has 1 amide bonds. The Kier molecular flexibility index (Phi) is 6.10. The predicted molar refractivity (Wildman–Crippen MR) is 158 cm³/mol. The van der Waals surface area contributed by atoms with Crippen LogP contribution >= 0.6 is 0 Å². The zero-order valence-electron chi connectivity index (χ0n) is 23.8. The maximum absolute atomic E-state index is 14.8. The van der Waals surface area contributed by atoms with E-state index < -0.39 is 28.8 Å².